The van der Waals surface area contributed by atoms with Gasteiger partial charge in [0.05, 0.1) is 0 Å². The first kappa shape index (κ1) is 20.7. The zero-order chi connectivity index (χ0) is 19.9. The molecule has 3 fully saturated rings. The van der Waals surface area contributed by atoms with Crippen molar-refractivity contribution < 1.29 is 4.79 Å². The Bertz CT molecular complexity index is 593. The van der Waals surface area contributed by atoms with Crippen molar-refractivity contribution in [3.8, 4) is 0 Å². The van der Waals surface area contributed by atoms with E-state index in [1.165, 1.54) is 64.2 Å². The van der Waals surface area contributed by atoms with Crippen molar-refractivity contribution in [2.45, 2.75) is 98.3 Å². The van der Waals surface area contributed by atoms with Crippen LogP contribution < -0.4 is 0 Å². The van der Waals surface area contributed by atoms with Gasteiger partial charge in [0.25, 0.3) is 0 Å². The Morgan fingerprint density at radius 3 is 2.50 bits per heavy atom. The van der Waals surface area contributed by atoms with Crippen molar-refractivity contribution in [2.75, 3.05) is 0 Å². The van der Waals surface area contributed by atoms with Crippen LogP contribution in [0.2, 0.25) is 0 Å². The Morgan fingerprint density at radius 1 is 0.929 bits per heavy atom. The maximum absolute atomic E-state index is 10.9. The Kier molecular flexibility index (Phi) is 5.85. The summed E-state index contributed by atoms with van der Waals surface area (Å²) in [7, 11) is 0. The monoisotopic (exact) mass is 384 g/mol. The van der Waals surface area contributed by atoms with E-state index < -0.39 is 0 Å². The fraction of sp³-hybridized carbons (Fsp3) is 0.889. The molecule has 28 heavy (non-hydrogen) atoms. The lowest BCUT2D eigenvalue weighted by atomic mass is 9.46. The van der Waals surface area contributed by atoms with Crippen LogP contribution in [0.3, 0.4) is 0 Å². The predicted octanol–water partition coefficient (Wildman–Crippen LogP) is 7.45. The van der Waals surface area contributed by atoms with E-state index in [0.29, 0.717) is 10.8 Å². The van der Waals surface area contributed by atoms with Crippen molar-refractivity contribution >= 4 is 6.29 Å². The van der Waals surface area contributed by atoms with Gasteiger partial charge < -0.3 is 4.79 Å². The van der Waals surface area contributed by atoms with Crippen LogP contribution in [0.4, 0.5) is 0 Å². The summed E-state index contributed by atoms with van der Waals surface area (Å²) in [4.78, 5) is 10.9. The number of hydrogen-bond donors (Lipinski definition) is 0. The molecule has 0 aromatic rings. The lowest BCUT2D eigenvalue weighted by Crippen LogP contribution is -2.51. The minimum absolute atomic E-state index is 0.242. The molecule has 0 saturated heterocycles. The van der Waals surface area contributed by atoms with E-state index in [1.54, 1.807) is 0 Å². The Hall–Kier alpha value is -0.590. The summed E-state index contributed by atoms with van der Waals surface area (Å²) in [6.45, 7) is 9.91. The van der Waals surface area contributed by atoms with Gasteiger partial charge in [0.2, 0.25) is 0 Å². The normalized spacial score (nSPS) is 46.9. The first-order valence-electron chi connectivity index (χ1n) is 12.5. The number of carbonyl (C=O) groups is 1. The second-order valence-electron chi connectivity index (χ2n) is 11.8. The third-order valence-electron chi connectivity index (χ3n) is 10.4. The van der Waals surface area contributed by atoms with Crippen molar-refractivity contribution in [1.82, 2.24) is 0 Å². The Morgan fingerprint density at radius 2 is 1.71 bits per heavy atom. The molecule has 0 bridgehead atoms. The summed E-state index contributed by atoms with van der Waals surface area (Å²) >= 11 is 0. The summed E-state index contributed by atoms with van der Waals surface area (Å²) in [6.07, 6.45) is 21.8. The fourth-order valence-electron chi connectivity index (χ4n) is 8.66. The summed E-state index contributed by atoms with van der Waals surface area (Å²) in [6, 6.07) is 0. The van der Waals surface area contributed by atoms with Crippen LogP contribution in [0.1, 0.15) is 98.3 Å². The fourth-order valence-corrected chi connectivity index (χ4v) is 8.66. The van der Waals surface area contributed by atoms with Crippen molar-refractivity contribution in [3.05, 3.63) is 12.2 Å². The second-order valence-corrected chi connectivity index (χ2v) is 11.8. The van der Waals surface area contributed by atoms with E-state index in [2.05, 4.69) is 39.8 Å². The van der Waals surface area contributed by atoms with Crippen molar-refractivity contribution in [3.63, 3.8) is 0 Å². The van der Waals surface area contributed by atoms with E-state index in [9.17, 15) is 4.79 Å². The highest BCUT2D eigenvalue weighted by atomic mass is 16.1. The van der Waals surface area contributed by atoms with E-state index in [0.717, 1.165) is 48.2 Å². The van der Waals surface area contributed by atoms with Crippen LogP contribution in [0.25, 0.3) is 0 Å². The first-order valence-corrected chi connectivity index (χ1v) is 12.5. The molecule has 9 atom stereocenters. The largest absolute Gasteiger partial charge is 0.303 e. The molecule has 0 aromatic heterocycles. The minimum atomic E-state index is 0.242. The molecule has 4 aliphatic rings. The minimum Gasteiger partial charge on any atom is -0.303 e. The second kappa shape index (κ2) is 7.92. The van der Waals surface area contributed by atoms with E-state index in [-0.39, 0.29) is 5.92 Å². The topological polar surface area (TPSA) is 17.1 Å². The molecule has 0 aliphatic heterocycles. The number of fused-ring (bicyclic) bond motifs is 5. The van der Waals surface area contributed by atoms with Gasteiger partial charge in [-0.05, 0) is 91.3 Å². The van der Waals surface area contributed by atoms with Crippen LogP contribution in [0.15, 0.2) is 12.2 Å². The molecule has 1 heteroatoms. The zero-order valence-corrected chi connectivity index (χ0v) is 19.0. The summed E-state index contributed by atoms with van der Waals surface area (Å²) < 4.78 is 0. The van der Waals surface area contributed by atoms with Crippen LogP contribution in [0, 0.1) is 52.3 Å². The van der Waals surface area contributed by atoms with Crippen LogP contribution in [-0.4, -0.2) is 6.29 Å². The number of aldehydes is 1. The lowest BCUT2D eigenvalue weighted by Gasteiger charge is -2.58. The Labute approximate surface area is 174 Å². The highest BCUT2D eigenvalue weighted by Crippen LogP contribution is 2.67. The van der Waals surface area contributed by atoms with Gasteiger partial charge in [0.1, 0.15) is 6.29 Å². The zero-order valence-electron chi connectivity index (χ0n) is 19.0. The van der Waals surface area contributed by atoms with E-state index in [4.69, 9.17) is 0 Å². The van der Waals surface area contributed by atoms with Crippen LogP contribution >= 0.6 is 0 Å². The number of carbonyl (C=O) groups excluding carboxylic acids is 1. The van der Waals surface area contributed by atoms with Gasteiger partial charge in [0, 0.05) is 5.92 Å². The molecule has 4 rings (SSSR count). The third kappa shape index (κ3) is 3.33. The van der Waals surface area contributed by atoms with Gasteiger partial charge in [-0.1, -0.05) is 65.5 Å². The molecule has 0 aromatic carbocycles. The maximum atomic E-state index is 10.9. The number of allylic oxidation sites excluding steroid dienone is 2. The average Bonchev–Trinajstić information content (AvgIpc) is 3.04. The molecule has 4 aliphatic carbocycles. The molecule has 3 unspecified atom stereocenters. The summed E-state index contributed by atoms with van der Waals surface area (Å²) in [5, 5.41) is 0. The SMILES string of the molecule is CC(C=O)CCCC(C)[C@H]1CC[C@H]2[C@@H]3C=CC4CCCC[C@]4(C)[C@H]3CC[C@]12C. The van der Waals surface area contributed by atoms with Crippen molar-refractivity contribution in [2.24, 2.45) is 52.3 Å². The molecular formula is C27H44O. The molecular weight excluding hydrogens is 340 g/mol. The molecule has 1 nitrogen and oxygen atoms in total. The third-order valence-corrected chi connectivity index (χ3v) is 10.4. The highest BCUT2D eigenvalue weighted by Gasteiger charge is 2.58. The van der Waals surface area contributed by atoms with E-state index in [1.807, 2.05) is 0 Å². The molecule has 0 spiro atoms. The number of hydrogen-bond acceptors (Lipinski definition) is 1. The smallest absolute Gasteiger partial charge is 0.122 e. The maximum Gasteiger partial charge on any atom is 0.122 e. The standard InChI is InChI=1S/C27H44O/c1-19(18-28)8-7-9-20(2)23-13-14-24-22-12-11-21-10-5-6-16-26(21,3)25(22)15-17-27(23,24)4/h11-12,18-25H,5-10,13-17H2,1-4H3/t19?,20?,21?,22-,23+,24-,25-,26-,27+/m0/s1. The van der Waals surface area contributed by atoms with Gasteiger partial charge in [0.15, 0.2) is 0 Å². The van der Waals surface area contributed by atoms with Gasteiger partial charge in [-0.15, -0.1) is 0 Å². The molecule has 0 radical (unpaired) electrons. The average molecular weight is 385 g/mol. The van der Waals surface area contributed by atoms with Gasteiger partial charge in [-0.3, -0.25) is 0 Å². The Balaban J connectivity index is 1.46. The quantitative estimate of drug-likeness (QED) is 0.343. The highest BCUT2D eigenvalue weighted by molar-refractivity contribution is 5.52. The predicted molar refractivity (Wildman–Crippen MR) is 118 cm³/mol. The molecule has 0 heterocycles. The summed E-state index contributed by atoms with van der Waals surface area (Å²) in [5.74, 6) is 5.54. The molecule has 0 amide bonds. The number of rotatable bonds is 6. The van der Waals surface area contributed by atoms with Gasteiger partial charge in [-0.2, -0.15) is 0 Å². The van der Waals surface area contributed by atoms with E-state index >= 15 is 0 Å². The molecule has 0 N–H and O–H groups in total. The van der Waals surface area contributed by atoms with Crippen LogP contribution in [0.5, 0.6) is 0 Å². The van der Waals surface area contributed by atoms with Crippen molar-refractivity contribution in [1.29, 1.82) is 0 Å². The lowest BCUT2D eigenvalue weighted by molar-refractivity contribution is -0.110. The van der Waals surface area contributed by atoms with Gasteiger partial charge >= 0.3 is 0 Å². The van der Waals surface area contributed by atoms with Crippen LogP contribution in [-0.2, 0) is 4.79 Å². The summed E-state index contributed by atoms with van der Waals surface area (Å²) in [5.41, 5.74) is 1.15. The first-order chi connectivity index (χ1) is 13.4. The molecule has 158 valence electrons. The molecule has 3 saturated carbocycles. The van der Waals surface area contributed by atoms with Gasteiger partial charge in [-0.25, -0.2) is 0 Å².